The van der Waals surface area contributed by atoms with Crippen molar-refractivity contribution in [2.45, 2.75) is 0 Å². The van der Waals surface area contributed by atoms with Crippen LogP contribution in [0.5, 0.6) is 0 Å². The Hall–Kier alpha value is -6.22. The Bertz CT molecular complexity index is 3090. The van der Waals surface area contributed by atoms with Gasteiger partial charge in [0.15, 0.2) is 0 Å². The van der Waals surface area contributed by atoms with E-state index in [-0.39, 0.29) is 0 Å². The highest BCUT2D eigenvalue weighted by Gasteiger charge is 2.18. The predicted octanol–water partition coefficient (Wildman–Crippen LogP) is 14.4. The molecule has 0 spiro atoms. The zero-order chi connectivity index (χ0) is 32.8. The lowest BCUT2D eigenvalue weighted by molar-refractivity contribution is 0.672. The number of hydrogen-bond acceptors (Lipinski definition) is 2. The summed E-state index contributed by atoms with van der Waals surface area (Å²) in [5.74, 6) is 0. The molecule has 0 aliphatic rings. The lowest BCUT2D eigenvalue weighted by Gasteiger charge is -2.18. The van der Waals surface area contributed by atoms with Gasteiger partial charge in [-0.05, 0) is 85.3 Å². The summed E-state index contributed by atoms with van der Waals surface area (Å²) in [7, 11) is 0. The van der Waals surface area contributed by atoms with Crippen LogP contribution in [0.25, 0.3) is 108 Å². The molecule has 0 fully saturated rings. The quantitative estimate of drug-likeness (QED) is 0.173. The monoisotopic (exact) mass is 652 g/mol. The zero-order valence-corrected chi connectivity index (χ0v) is 27.8. The van der Waals surface area contributed by atoms with Gasteiger partial charge >= 0.3 is 0 Å². The number of hydrogen-bond donors (Lipinski definition) is 0. The molecule has 0 aliphatic carbocycles. The summed E-state index contributed by atoms with van der Waals surface area (Å²) >= 11 is 1.88. The number of para-hydroxylation sites is 1. The standard InChI is InChI=1S/C48H28OS/c1-2-11-29(12-3-1)45-35-16-4-6-18-37(35)46(38-19-7-5-17-36(38)45)32-14-10-13-30(27-32)31-21-22-34-41-25-24-40-42(48(41)50-44(34)28-31)26-23-39-33-15-8-9-20-43(33)49-47(39)40/h1-28H. The highest BCUT2D eigenvalue weighted by molar-refractivity contribution is 7.26. The van der Waals surface area contributed by atoms with Gasteiger partial charge in [0.2, 0.25) is 0 Å². The first-order valence-electron chi connectivity index (χ1n) is 17.1. The maximum Gasteiger partial charge on any atom is 0.143 e. The Balaban J connectivity index is 1.08. The van der Waals surface area contributed by atoms with Crippen LogP contribution in [-0.2, 0) is 0 Å². The second kappa shape index (κ2) is 10.6. The second-order valence-electron chi connectivity index (χ2n) is 13.2. The van der Waals surface area contributed by atoms with Gasteiger partial charge in [0.05, 0.1) is 0 Å². The summed E-state index contributed by atoms with van der Waals surface area (Å²) in [6.07, 6.45) is 0. The van der Waals surface area contributed by atoms with E-state index in [1.54, 1.807) is 0 Å². The van der Waals surface area contributed by atoms with Gasteiger partial charge in [-0.15, -0.1) is 11.3 Å². The Labute approximate surface area is 292 Å². The molecular weight excluding hydrogens is 625 g/mol. The van der Waals surface area contributed by atoms with E-state index < -0.39 is 0 Å². The summed E-state index contributed by atoms with van der Waals surface area (Å²) in [6.45, 7) is 0. The lowest BCUT2D eigenvalue weighted by Crippen LogP contribution is -1.91. The molecule has 11 aromatic rings. The van der Waals surface area contributed by atoms with E-state index in [1.807, 2.05) is 17.4 Å². The van der Waals surface area contributed by atoms with E-state index in [4.69, 9.17) is 4.42 Å². The van der Waals surface area contributed by atoms with Crippen LogP contribution < -0.4 is 0 Å². The molecule has 9 aromatic carbocycles. The van der Waals surface area contributed by atoms with Crippen molar-refractivity contribution >= 4 is 85.8 Å². The summed E-state index contributed by atoms with van der Waals surface area (Å²) < 4.78 is 9.00. The van der Waals surface area contributed by atoms with Crippen LogP contribution in [-0.4, -0.2) is 0 Å². The van der Waals surface area contributed by atoms with Gasteiger partial charge in [0.25, 0.3) is 0 Å². The molecule has 232 valence electrons. The Morgan fingerprint density at radius 2 is 0.820 bits per heavy atom. The Morgan fingerprint density at radius 3 is 1.54 bits per heavy atom. The van der Waals surface area contributed by atoms with Crippen LogP contribution in [0, 0.1) is 0 Å². The first-order chi connectivity index (χ1) is 24.8. The van der Waals surface area contributed by atoms with Crippen LogP contribution >= 0.6 is 11.3 Å². The van der Waals surface area contributed by atoms with Crippen molar-refractivity contribution in [3.8, 4) is 33.4 Å². The third-order valence-corrected chi connectivity index (χ3v) is 11.7. The largest absolute Gasteiger partial charge is 0.455 e. The molecule has 1 nitrogen and oxygen atoms in total. The minimum absolute atomic E-state index is 0.937. The van der Waals surface area contributed by atoms with E-state index >= 15 is 0 Å². The average molecular weight is 653 g/mol. The van der Waals surface area contributed by atoms with Gasteiger partial charge in [-0.3, -0.25) is 0 Å². The molecule has 0 saturated carbocycles. The van der Waals surface area contributed by atoms with Crippen molar-refractivity contribution in [1.29, 1.82) is 0 Å². The van der Waals surface area contributed by atoms with Gasteiger partial charge in [-0.25, -0.2) is 0 Å². The van der Waals surface area contributed by atoms with Gasteiger partial charge in [0.1, 0.15) is 11.2 Å². The molecule has 2 aromatic heterocycles. The van der Waals surface area contributed by atoms with Gasteiger partial charge in [-0.2, -0.15) is 0 Å². The predicted molar refractivity (Wildman–Crippen MR) is 215 cm³/mol. The Morgan fingerprint density at radius 1 is 0.320 bits per heavy atom. The third-order valence-electron chi connectivity index (χ3n) is 10.5. The van der Waals surface area contributed by atoms with Gasteiger partial charge in [0, 0.05) is 41.7 Å². The number of thiophene rings is 1. The topological polar surface area (TPSA) is 13.1 Å². The molecule has 0 atom stereocenters. The van der Waals surface area contributed by atoms with Crippen molar-refractivity contribution in [1.82, 2.24) is 0 Å². The van der Waals surface area contributed by atoms with Gasteiger partial charge < -0.3 is 4.42 Å². The number of rotatable bonds is 3. The van der Waals surface area contributed by atoms with Crippen LogP contribution in [0.3, 0.4) is 0 Å². The molecule has 0 amide bonds. The van der Waals surface area contributed by atoms with Crippen molar-refractivity contribution in [3.05, 3.63) is 170 Å². The maximum atomic E-state index is 6.40. The average Bonchev–Trinajstić information content (AvgIpc) is 3.76. The van der Waals surface area contributed by atoms with E-state index in [0.717, 1.165) is 11.2 Å². The number of benzene rings is 9. The summed E-state index contributed by atoms with van der Waals surface area (Å²) in [5.41, 5.74) is 9.40. The zero-order valence-electron chi connectivity index (χ0n) is 27.0. The van der Waals surface area contributed by atoms with Crippen LogP contribution in [0.15, 0.2) is 174 Å². The summed E-state index contributed by atoms with van der Waals surface area (Å²) in [5, 5.41) is 12.4. The smallest absolute Gasteiger partial charge is 0.143 e. The first-order valence-corrected chi connectivity index (χ1v) is 17.9. The molecular formula is C48H28OS. The second-order valence-corrected chi connectivity index (χ2v) is 14.2. The van der Waals surface area contributed by atoms with Crippen molar-refractivity contribution in [2.75, 3.05) is 0 Å². The van der Waals surface area contributed by atoms with Crippen LogP contribution in [0.1, 0.15) is 0 Å². The molecule has 0 radical (unpaired) electrons. The highest BCUT2D eigenvalue weighted by atomic mass is 32.1. The molecule has 0 saturated heterocycles. The molecule has 0 bridgehead atoms. The molecule has 50 heavy (non-hydrogen) atoms. The fourth-order valence-corrected chi connectivity index (χ4v) is 9.48. The summed E-state index contributed by atoms with van der Waals surface area (Å²) in [4.78, 5) is 0. The summed E-state index contributed by atoms with van der Waals surface area (Å²) in [6, 6.07) is 62.0. The fourth-order valence-electron chi connectivity index (χ4n) is 8.21. The van der Waals surface area contributed by atoms with Crippen molar-refractivity contribution in [2.24, 2.45) is 0 Å². The van der Waals surface area contributed by atoms with Crippen LogP contribution in [0.4, 0.5) is 0 Å². The van der Waals surface area contributed by atoms with Gasteiger partial charge in [-0.1, -0.05) is 140 Å². The Kier molecular flexibility index (Phi) is 5.89. The normalized spacial score (nSPS) is 12.0. The number of fused-ring (bicyclic) bond motifs is 11. The first kappa shape index (κ1) is 27.7. The SMILES string of the molecule is c1ccc(-c2c3ccccc3c(-c3cccc(-c4ccc5c(c4)sc4c5ccc5c4ccc4c6ccccc6oc45)c3)c3ccccc23)cc1. The molecule has 0 unspecified atom stereocenters. The lowest BCUT2D eigenvalue weighted by atomic mass is 9.85. The molecule has 0 aliphatic heterocycles. The maximum absolute atomic E-state index is 6.40. The molecule has 0 N–H and O–H groups in total. The van der Waals surface area contributed by atoms with Crippen molar-refractivity contribution in [3.63, 3.8) is 0 Å². The van der Waals surface area contributed by atoms with Crippen LogP contribution in [0.2, 0.25) is 0 Å². The minimum atomic E-state index is 0.937. The van der Waals surface area contributed by atoms with E-state index in [1.165, 1.54) is 96.6 Å². The highest BCUT2D eigenvalue weighted by Crippen LogP contribution is 2.46. The molecule has 2 heterocycles. The molecule has 2 heteroatoms. The van der Waals surface area contributed by atoms with E-state index in [0.29, 0.717) is 0 Å². The van der Waals surface area contributed by atoms with Crippen molar-refractivity contribution < 1.29 is 4.42 Å². The fraction of sp³-hybridized carbons (Fsp3) is 0. The van der Waals surface area contributed by atoms with E-state index in [2.05, 4.69) is 164 Å². The number of furan rings is 1. The third kappa shape index (κ3) is 4.00. The molecule has 11 rings (SSSR count). The minimum Gasteiger partial charge on any atom is -0.455 e. The van der Waals surface area contributed by atoms with E-state index in [9.17, 15) is 0 Å².